The molecule has 0 aliphatic heterocycles. The minimum absolute atomic E-state index is 0.0376. The molecule has 4 nitrogen and oxygen atoms in total. The van der Waals surface area contributed by atoms with Crippen molar-refractivity contribution in [3.05, 3.63) is 90.0 Å². The molecule has 0 amide bonds. The number of methoxy groups -OCH3 is 1. The van der Waals surface area contributed by atoms with Crippen LogP contribution in [0.5, 0.6) is 5.75 Å². The standard InChI is InChI=1S/C24H23F4NO3S/c1-16-8-14-20(15-9-16)33(30,31)21(17-6-4-3-5-7-17)22(24(27,28)23(25)26)29-18-10-12-19(32-2)13-11-18/h3-15,21-23,29H,1-2H3/t21-,22+/m0/s1. The van der Waals surface area contributed by atoms with Crippen LogP contribution in [-0.2, 0) is 9.84 Å². The summed E-state index contributed by atoms with van der Waals surface area (Å²) in [4.78, 5) is -0.242. The Morgan fingerprint density at radius 2 is 1.45 bits per heavy atom. The van der Waals surface area contributed by atoms with Crippen molar-refractivity contribution in [3.8, 4) is 5.75 Å². The van der Waals surface area contributed by atoms with Gasteiger partial charge in [0.2, 0.25) is 0 Å². The number of aryl methyl sites for hydroxylation is 1. The Kier molecular flexibility index (Phi) is 7.31. The zero-order valence-electron chi connectivity index (χ0n) is 17.9. The summed E-state index contributed by atoms with van der Waals surface area (Å²) in [6, 6.07) is 15.9. The molecule has 3 aromatic rings. The molecule has 33 heavy (non-hydrogen) atoms. The maximum atomic E-state index is 15.0. The van der Waals surface area contributed by atoms with Crippen LogP contribution >= 0.6 is 0 Å². The van der Waals surface area contributed by atoms with E-state index in [1.165, 1.54) is 79.9 Å². The highest BCUT2D eigenvalue weighted by molar-refractivity contribution is 7.91. The zero-order chi connectivity index (χ0) is 24.2. The van der Waals surface area contributed by atoms with Crippen LogP contribution < -0.4 is 10.1 Å². The van der Waals surface area contributed by atoms with Crippen molar-refractivity contribution in [2.24, 2.45) is 0 Å². The van der Waals surface area contributed by atoms with E-state index in [1.807, 2.05) is 0 Å². The SMILES string of the molecule is COc1ccc(N[C@H]([C@H](c2ccccc2)S(=O)(=O)c2ccc(C)cc2)C(F)(F)C(F)F)cc1. The van der Waals surface area contributed by atoms with Gasteiger partial charge < -0.3 is 10.1 Å². The summed E-state index contributed by atoms with van der Waals surface area (Å²) in [5.41, 5.74) is 0.765. The summed E-state index contributed by atoms with van der Waals surface area (Å²) in [5, 5.41) is 0.366. The fraction of sp³-hybridized carbons (Fsp3) is 0.250. The van der Waals surface area contributed by atoms with Gasteiger partial charge in [0.15, 0.2) is 9.84 Å². The van der Waals surface area contributed by atoms with Crippen LogP contribution in [0.1, 0.15) is 16.4 Å². The van der Waals surface area contributed by atoms with E-state index in [0.29, 0.717) is 5.75 Å². The van der Waals surface area contributed by atoms with Gasteiger partial charge in [0.05, 0.1) is 12.0 Å². The normalized spacial score (nSPS) is 14.0. The number of hydrogen-bond acceptors (Lipinski definition) is 4. The number of halogens is 4. The van der Waals surface area contributed by atoms with E-state index in [-0.39, 0.29) is 16.1 Å². The largest absolute Gasteiger partial charge is 0.497 e. The fourth-order valence-corrected chi connectivity index (χ4v) is 5.38. The van der Waals surface area contributed by atoms with E-state index in [0.717, 1.165) is 5.56 Å². The summed E-state index contributed by atoms with van der Waals surface area (Å²) < 4.78 is 89.4. The van der Waals surface area contributed by atoms with Gasteiger partial charge in [-0.1, -0.05) is 48.0 Å². The van der Waals surface area contributed by atoms with Gasteiger partial charge in [0.25, 0.3) is 0 Å². The number of nitrogens with one attached hydrogen (secondary N) is 1. The first-order valence-corrected chi connectivity index (χ1v) is 11.5. The predicted molar refractivity (Wildman–Crippen MR) is 119 cm³/mol. The van der Waals surface area contributed by atoms with Crippen LogP contribution in [0.3, 0.4) is 0 Å². The van der Waals surface area contributed by atoms with Gasteiger partial charge >= 0.3 is 12.3 Å². The van der Waals surface area contributed by atoms with Crippen molar-refractivity contribution < 1.29 is 30.7 Å². The molecule has 0 aliphatic carbocycles. The first-order valence-electron chi connectivity index (χ1n) is 9.99. The molecule has 3 rings (SSSR count). The minimum atomic E-state index is -4.68. The molecule has 0 aliphatic rings. The maximum absolute atomic E-state index is 15.0. The van der Waals surface area contributed by atoms with E-state index < -0.39 is 33.5 Å². The number of alkyl halides is 4. The van der Waals surface area contributed by atoms with Crippen molar-refractivity contribution in [3.63, 3.8) is 0 Å². The molecule has 0 heterocycles. The lowest BCUT2D eigenvalue weighted by atomic mass is 9.99. The topological polar surface area (TPSA) is 55.4 Å². The molecule has 1 N–H and O–H groups in total. The van der Waals surface area contributed by atoms with E-state index in [9.17, 15) is 26.0 Å². The molecule has 176 valence electrons. The molecule has 0 saturated carbocycles. The molecular weight excluding hydrogens is 458 g/mol. The van der Waals surface area contributed by atoms with Crippen molar-refractivity contribution in [1.29, 1.82) is 0 Å². The number of rotatable bonds is 9. The lowest BCUT2D eigenvalue weighted by Crippen LogP contribution is -2.50. The highest BCUT2D eigenvalue weighted by Crippen LogP contribution is 2.42. The summed E-state index contributed by atoms with van der Waals surface area (Å²) >= 11 is 0. The van der Waals surface area contributed by atoms with Crippen LogP contribution in [0.25, 0.3) is 0 Å². The molecule has 0 radical (unpaired) electrons. The molecular formula is C24H23F4NO3S. The van der Waals surface area contributed by atoms with Crippen molar-refractivity contribution in [1.82, 2.24) is 0 Å². The second-order valence-corrected chi connectivity index (χ2v) is 9.58. The summed E-state index contributed by atoms with van der Waals surface area (Å²) in [5.74, 6) is -4.26. The highest BCUT2D eigenvalue weighted by atomic mass is 32.2. The van der Waals surface area contributed by atoms with Crippen LogP contribution in [0.15, 0.2) is 83.8 Å². The minimum Gasteiger partial charge on any atom is -0.497 e. The van der Waals surface area contributed by atoms with Crippen molar-refractivity contribution >= 4 is 15.5 Å². The lowest BCUT2D eigenvalue weighted by molar-refractivity contribution is -0.139. The molecule has 3 aromatic carbocycles. The molecule has 0 spiro atoms. The number of hydrogen-bond donors (Lipinski definition) is 1. The Morgan fingerprint density at radius 1 is 0.879 bits per heavy atom. The monoisotopic (exact) mass is 481 g/mol. The Labute approximate surface area is 190 Å². The molecule has 0 saturated heterocycles. The second kappa shape index (κ2) is 9.82. The molecule has 0 fully saturated rings. The smallest absolute Gasteiger partial charge is 0.328 e. The Morgan fingerprint density at radius 3 is 1.97 bits per heavy atom. The van der Waals surface area contributed by atoms with Crippen molar-refractivity contribution in [2.75, 3.05) is 12.4 Å². The van der Waals surface area contributed by atoms with E-state index in [2.05, 4.69) is 5.32 Å². The average Bonchev–Trinajstić information content (AvgIpc) is 2.80. The lowest BCUT2D eigenvalue weighted by Gasteiger charge is -2.34. The fourth-order valence-electron chi connectivity index (χ4n) is 3.44. The Hall–Kier alpha value is -3.07. The highest BCUT2D eigenvalue weighted by Gasteiger charge is 2.56. The predicted octanol–water partition coefficient (Wildman–Crippen LogP) is 5.90. The Bertz CT molecular complexity index is 1150. The molecule has 0 unspecified atom stereocenters. The number of anilines is 1. The summed E-state index contributed by atoms with van der Waals surface area (Å²) in [6.07, 6.45) is -4.10. The quantitative estimate of drug-likeness (QED) is 0.387. The molecule has 9 heteroatoms. The van der Waals surface area contributed by atoms with Gasteiger partial charge in [-0.25, -0.2) is 17.2 Å². The number of ether oxygens (including phenoxy) is 1. The molecule has 2 atom stereocenters. The third-order valence-electron chi connectivity index (χ3n) is 5.23. The molecule has 0 bridgehead atoms. The van der Waals surface area contributed by atoms with E-state index in [1.54, 1.807) is 13.0 Å². The average molecular weight is 482 g/mol. The Balaban J connectivity index is 2.19. The van der Waals surface area contributed by atoms with Crippen LogP contribution in [0.2, 0.25) is 0 Å². The third kappa shape index (κ3) is 5.30. The van der Waals surface area contributed by atoms with Crippen LogP contribution in [0.4, 0.5) is 23.2 Å². The van der Waals surface area contributed by atoms with Gasteiger partial charge in [-0.15, -0.1) is 0 Å². The second-order valence-electron chi connectivity index (χ2n) is 7.52. The maximum Gasteiger partial charge on any atom is 0.328 e. The van der Waals surface area contributed by atoms with Gasteiger partial charge in [-0.3, -0.25) is 0 Å². The first-order chi connectivity index (χ1) is 15.6. The summed E-state index contributed by atoms with van der Waals surface area (Å²) in [7, 11) is -3.11. The number of sulfone groups is 1. The zero-order valence-corrected chi connectivity index (χ0v) is 18.7. The van der Waals surface area contributed by atoms with Gasteiger partial charge in [0, 0.05) is 5.69 Å². The van der Waals surface area contributed by atoms with Gasteiger partial charge in [0.1, 0.15) is 17.0 Å². The van der Waals surface area contributed by atoms with Gasteiger partial charge in [-0.05, 0) is 48.9 Å². The van der Waals surface area contributed by atoms with Crippen LogP contribution in [-0.4, -0.2) is 33.9 Å². The summed E-state index contributed by atoms with van der Waals surface area (Å²) in [6.45, 7) is 1.74. The van der Waals surface area contributed by atoms with E-state index >= 15 is 0 Å². The molecule has 0 aromatic heterocycles. The van der Waals surface area contributed by atoms with Crippen molar-refractivity contribution in [2.45, 2.75) is 35.5 Å². The third-order valence-corrected chi connectivity index (χ3v) is 7.37. The first kappa shape index (κ1) is 24.6. The van der Waals surface area contributed by atoms with Crippen LogP contribution in [0, 0.1) is 6.92 Å². The van der Waals surface area contributed by atoms with Gasteiger partial charge in [-0.2, -0.15) is 8.78 Å². The van der Waals surface area contributed by atoms with E-state index in [4.69, 9.17) is 4.74 Å². The number of benzene rings is 3.